The molecule has 20 heavy (non-hydrogen) atoms. The summed E-state index contributed by atoms with van der Waals surface area (Å²) in [4.78, 5) is 4.71. The zero-order valence-corrected chi connectivity index (χ0v) is 13.5. The van der Waals surface area contributed by atoms with Crippen LogP contribution in [0.4, 0.5) is 0 Å². The SMILES string of the molecule is CCCNC(=S)N1CCN(Cc2cccc(Cl)c2)CC1. The summed E-state index contributed by atoms with van der Waals surface area (Å²) in [6, 6.07) is 8.10. The topological polar surface area (TPSA) is 18.5 Å². The molecule has 0 radical (unpaired) electrons. The van der Waals surface area contributed by atoms with Crippen LogP contribution in [0.5, 0.6) is 0 Å². The zero-order valence-electron chi connectivity index (χ0n) is 11.9. The van der Waals surface area contributed by atoms with Crippen LogP contribution in [0.3, 0.4) is 0 Å². The molecule has 0 spiro atoms. The molecule has 1 aromatic rings. The Hall–Kier alpha value is -0.840. The Kier molecular flexibility index (Phi) is 6.07. The van der Waals surface area contributed by atoms with Crippen LogP contribution < -0.4 is 5.32 Å². The maximum absolute atomic E-state index is 6.02. The molecule has 0 amide bonds. The molecule has 1 saturated heterocycles. The Morgan fingerprint density at radius 1 is 1.30 bits per heavy atom. The molecule has 5 heteroatoms. The zero-order chi connectivity index (χ0) is 14.4. The summed E-state index contributed by atoms with van der Waals surface area (Å²) in [7, 11) is 0. The number of hydrogen-bond acceptors (Lipinski definition) is 2. The molecular formula is C15H22ClN3S. The van der Waals surface area contributed by atoms with Gasteiger partial charge in [0.2, 0.25) is 0 Å². The van der Waals surface area contributed by atoms with Gasteiger partial charge >= 0.3 is 0 Å². The standard InChI is InChI=1S/C15H22ClN3S/c1-2-6-17-15(20)19-9-7-18(8-10-19)12-13-4-3-5-14(16)11-13/h3-5,11H,2,6-10,12H2,1H3,(H,17,20). The van der Waals surface area contributed by atoms with Gasteiger partial charge in [-0.2, -0.15) is 0 Å². The van der Waals surface area contributed by atoms with Crippen LogP contribution in [-0.2, 0) is 6.54 Å². The van der Waals surface area contributed by atoms with E-state index in [1.807, 2.05) is 18.2 Å². The van der Waals surface area contributed by atoms with Crippen molar-refractivity contribution in [3.63, 3.8) is 0 Å². The number of thiocarbonyl (C=S) groups is 1. The molecule has 110 valence electrons. The van der Waals surface area contributed by atoms with Gasteiger partial charge in [-0.05, 0) is 36.3 Å². The van der Waals surface area contributed by atoms with Crippen molar-refractivity contribution in [3.8, 4) is 0 Å². The summed E-state index contributed by atoms with van der Waals surface area (Å²) in [5.41, 5.74) is 1.28. The van der Waals surface area contributed by atoms with E-state index in [1.165, 1.54) is 5.56 Å². The molecule has 1 N–H and O–H groups in total. The number of benzene rings is 1. The highest BCUT2D eigenvalue weighted by Crippen LogP contribution is 2.14. The van der Waals surface area contributed by atoms with E-state index in [4.69, 9.17) is 23.8 Å². The van der Waals surface area contributed by atoms with Gasteiger partial charge in [0.25, 0.3) is 0 Å². The second-order valence-electron chi connectivity index (χ2n) is 5.13. The number of rotatable bonds is 4. The van der Waals surface area contributed by atoms with E-state index < -0.39 is 0 Å². The van der Waals surface area contributed by atoms with E-state index in [0.717, 1.165) is 55.8 Å². The predicted octanol–water partition coefficient (Wildman–Crippen LogP) is 2.74. The minimum absolute atomic E-state index is 0.811. The molecule has 0 bridgehead atoms. The highest BCUT2D eigenvalue weighted by Gasteiger charge is 2.18. The fourth-order valence-electron chi connectivity index (χ4n) is 2.35. The van der Waals surface area contributed by atoms with E-state index in [1.54, 1.807) is 0 Å². The van der Waals surface area contributed by atoms with Crippen LogP contribution >= 0.6 is 23.8 Å². The molecule has 0 atom stereocenters. The first-order valence-electron chi connectivity index (χ1n) is 7.18. The van der Waals surface area contributed by atoms with Crippen LogP contribution in [0.2, 0.25) is 5.02 Å². The highest BCUT2D eigenvalue weighted by molar-refractivity contribution is 7.80. The van der Waals surface area contributed by atoms with Crippen molar-refractivity contribution >= 4 is 28.9 Å². The largest absolute Gasteiger partial charge is 0.363 e. The molecule has 0 aliphatic carbocycles. The van der Waals surface area contributed by atoms with Gasteiger partial charge in [-0.25, -0.2) is 0 Å². The van der Waals surface area contributed by atoms with Crippen molar-refractivity contribution < 1.29 is 0 Å². The Morgan fingerprint density at radius 2 is 2.05 bits per heavy atom. The van der Waals surface area contributed by atoms with Crippen LogP contribution in [0.15, 0.2) is 24.3 Å². The third-order valence-electron chi connectivity index (χ3n) is 3.48. The monoisotopic (exact) mass is 311 g/mol. The molecule has 0 unspecified atom stereocenters. The van der Waals surface area contributed by atoms with Crippen molar-refractivity contribution in [3.05, 3.63) is 34.9 Å². The lowest BCUT2D eigenvalue weighted by molar-refractivity contribution is 0.174. The van der Waals surface area contributed by atoms with E-state index in [-0.39, 0.29) is 0 Å². The molecule has 2 rings (SSSR count). The minimum Gasteiger partial charge on any atom is -0.363 e. The molecular weight excluding hydrogens is 290 g/mol. The maximum atomic E-state index is 6.02. The van der Waals surface area contributed by atoms with E-state index in [9.17, 15) is 0 Å². The first kappa shape index (κ1) is 15.5. The summed E-state index contributed by atoms with van der Waals surface area (Å²) in [5, 5.41) is 5.00. The first-order valence-corrected chi connectivity index (χ1v) is 7.97. The molecule has 1 heterocycles. The van der Waals surface area contributed by atoms with Gasteiger partial charge in [0.15, 0.2) is 5.11 Å². The number of nitrogens with one attached hydrogen (secondary N) is 1. The van der Waals surface area contributed by atoms with Crippen molar-refractivity contribution in [2.24, 2.45) is 0 Å². The molecule has 3 nitrogen and oxygen atoms in total. The summed E-state index contributed by atoms with van der Waals surface area (Å²) in [6.07, 6.45) is 1.11. The molecule has 1 fully saturated rings. The second kappa shape index (κ2) is 7.81. The third-order valence-corrected chi connectivity index (χ3v) is 4.12. The summed E-state index contributed by atoms with van der Waals surface area (Å²) >= 11 is 11.4. The number of hydrogen-bond donors (Lipinski definition) is 1. The van der Waals surface area contributed by atoms with Crippen molar-refractivity contribution in [2.75, 3.05) is 32.7 Å². The predicted molar refractivity (Wildman–Crippen MR) is 89.2 cm³/mol. The number of halogens is 1. The third kappa shape index (κ3) is 4.62. The maximum Gasteiger partial charge on any atom is 0.169 e. The molecule has 1 aliphatic rings. The van der Waals surface area contributed by atoms with Crippen LogP contribution in [0, 0.1) is 0 Å². The van der Waals surface area contributed by atoms with E-state index in [2.05, 4.69) is 28.1 Å². The Bertz CT molecular complexity index is 444. The number of nitrogens with zero attached hydrogens (tertiary/aromatic N) is 2. The van der Waals surface area contributed by atoms with E-state index in [0.29, 0.717) is 0 Å². The molecule has 0 aromatic heterocycles. The lowest BCUT2D eigenvalue weighted by Gasteiger charge is -2.36. The lowest BCUT2D eigenvalue weighted by atomic mass is 10.2. The van der Waals surface area contributed by atoms with Gasteiger partial charge in [0.1, 0.15) is 0 Å². The summed E-state index contributed by atoms with van der Waals surface area (Å²) < 4.78 is 0. The van der Waals surface area contributed by atoms with Gasteiger partial charge in [-0.15, -0.1) is 0 Å². The quantitative estimate of drug-likeness (QED) is 0.862. The normalized spacial score (nSPS) is 16.2. The Balaban J connectivity index is 1.78. The molecule has 1 aromatic carbocycles. The second-order valence-corrected chi connectivity index (χ2v) is 5.95. The molecule has 1 aliphatic heterocycles. The van der Waals surface area contributed by atoms with Crippen molar-refractivity contribution in [1.82, 2.24) is 15.1 Å². The summed E-state index contributed by atoms with van der Waals surface area (Å²) in [5.74, 6) is 0. The lowest BCUT2D eigenvalue weighted by Crippen LogP contribution is -2.51. The first-order chi connectivity index (χ1) is 9.69. The van der Waals surface area contributed by atoms with Crippen LogP contribution in [0.25, 0.3) is 0 Å². The van der Waals surface area contributed by atoms with Gasteiger partial charge in [-0.1, -0.05) is 30.7 Å². The smallest absolute Gasteiger partial charge is 0.169 e. The Labute approximate surface area is 131 Å². The fourth-order valence-corrected chi connectivity index (χ4v) is 2.84. The van der Waals surface area contributed by atoms with Crippen molar-refractivity contribution in [1.29, 1.82) is 0 Å². The highest BCUT2D eigenvalue weighted by atomic mass is 35.5. The van der Waals surface area contributed by atoms with Crippen LogP contribution in [-0.4, -0.2) is 47.6 Å². The fraction of sp³-hybridized carbons (Fsp3) is 0.533. The minimum atomic E-state index is 0.811. The van der Waals surface area contributed by atoms with Gasteiger partial charge in [-0.3, -0.25) is 4.90 Å². The summed E-state index contributed by atoms with van der Waals surface area (Å²) in [6.45, 7) is 8.15. The Morgan fingerprint density at radius 3 is 2.70 bits per heavy atom. The van der Waals surface area contributed by atoms with Gasteiger partial charge < -0.3 is 10.2 Å². The van der Waals surface area contributed by atoms with Crippen LogP contribution in [0.1, 0.15) is 18.9 Å². The van der Waals surface area contributed by atoms with Gasteiger partial charge in [0.05, 0.1) is 0 Å². The number of piperazine rings is 1. The van der Waals surface area contributed by atoms with Crippen molar-refractivity contribution in [2.45, 2.75) is 19.9 Å². The molecule has 0 saturated carbocycles. The van der Waals surface area contributed by atoms with Gasteiger partial charge in [0, 0.05) is 44.3 Å². The average Bonchev–Trinajstić information content (AvgIpc) is 2.45. The average molecular weight is 312 g/mol. The van der Waals surface area contributed by atoms with E-state index >= 15 is 0 Å².